The summed E-state index contributed by atoms with van der Waals surface area (Å²) >= 11 is 1.22. The zero-order valence-corrected chi connectivity index (χ0v) is 15.2. The van der Waals surface area contributed by atoms with Gasteiger partial charge in [-0.2, -0.15) is 0 Å². The van der Waals surface area contributed by atoms with Gasteiger partial charge in [-0.3, -0.25) is 9.59 Å². The minimum atomic E-state index is -0.400. The molecule has 2 amide bonds. The fourth-order valence-electron chi connectivity index (χ4n) is 2.39. The minimum Gasteiger partial charge on any atom is -0.369 e. The van der Waals surface area contributed by atoms with Crippen LogP contribution in [0.4, 0.5) is 0 Å². The average molecular weight is 358 g/mol. The van der Waals surface area contributed by atoms with Crippen molar-refractivity contribution in [2.75, 3.05) is 5.75 Å². The molecule has 1 heterocycles. The highest BCUT2D eigenvalue weighted by Gasteiger charge is 2.11. The van der Waals surface area contributed by atoms with Crippen LogP contribution in [0.1, 0.15) is 28.9 Å². The maximum Gasteiger partial charge on any atom is 0.227 e. The second kappa shape index (κ2) is 9.17. The van der Waals surface area contributed by atoms with Gasteiger partial charge in [-0.15, -0.1) is 0 Å². The number of carbonyl (C=O) groups excluding carboxylic acids is 2. The number of hydrogen-bond acceptors (Lipinski definition) is 5. The standard InChI is InChI=1S/C18H22N4O2S/c1-12-15(13(2)22-18(21-12)25-11-16(19)23)8-9-17(24)20-10-14-6-4-3-5-7-14/h3-7H,8-11H2,1-2H3,(H2,19,23)(H,20,24). The van der Waals surface area contributed by atoms with Crippen molar-refractivity contribution in [2.24, 2.45) is 5.73 Å². The summed E-state index contributed by atoms with van der Waals surface area (Å²) in [6, 6.07) is 9.80. The molecule has 0 atom stereocenters. The maximum atomic E-state index is 12.0. The van der Waals surface area contributed by atoms with E-state index in [2.05, 4.69) is 15.3 Å². The summed E-state index contributed by atoms with van der Waals surface area (Å²) in [5.41, 5.74) is 8.84. The van der Waals surface area contributed by atoms with E-state index in [0.29, 0.717) is 24.5 Å². The van der Waals surface area contributed by atoms with Gasteiger partial charge in [-0.25, -0.2) is 9.97 Å². The zero-order chi connectivity index (χ0) is 18.2. The van der Waals surface area contributed by atoms with Crippen LogP contribution < -0.4 is 11.1 Å². The molecule has 0 fully saturated rings. The van der Waals surface area contributed by atoms with Gasteiger partial charge < -0.3 is 11.1 Å². The summed E-state index contributed by atoms with van der Waals surface area (Å²) < 4.78 is 0. The zero-order valence-electron chi connectivity index (χ0n) is 14.4. The molecule has 1 aromatic heterocycles. The summed E-state index contributed by atoms with van der Waals surface area (Å²) in [5.74, 6) is -0.252. The highest BCUT2D eigenvalue weighted by Crippen LogP contribution is 2.18. The Bertz CT molecular complexity index is 727. The van der Waals surface area contributed by atoms with Crippen LogP contribution in [0.15, 0.2) is 35.5 Å². The van der Waals surface area contributed by atoms with Crippen molar-refractivity contribution in [3.63, 3.8) is 0 Å². The molecule has 132 valence electrons. The van der Waals surface area contributed by atoms with E-state index in [0.717, 1.165) is 22.5 Å². The molecule has 7 heteroatoms. The van der Waals surface area contributed by atoms with Gasteiger partial charge in [-0.1, -0.05) is 42.1 Å². The number of carbonyl (C=O) groups is 2. The number of nitrogens with one attached hydrogen (secondary N) is 1. The number of primary amides is 1. The lowest BCUT2D eigenvalue weighted by Gasteiger charge is -2.11. The van der Waals surface area contributed by atoms with Crippen molar-refractivity contribution in [2.45, 2.75) is 38.4 Å². The van der Waals surface area contributed by atoms with Gasteiger partial charge in [0.05, 0.1) is 5.75 Å². The first-order valence-corrected chi connectivity index (χ1v) is 9.00. The molecule has 0 unspecified atom stereocenters. The van der Waals surface area contributed by atoms with Crippen molar-refractivity contribution in [1.82, 2.24) is 15.3 Å². The van der Waals surface area contributed by atoms with Crippen molar-refractivity contribution in [3.8, 4) is 0 Å². The Morgan fingerprint density at radius 2 is 1.76 bits per heavy atom. The van der Waals surface area contributed by atoms with Crippen LogP contribution in [0, 0.1) is 13.8 Å². The van der Waals surface area contributed by atoms with Crippen molar-refractivity contribution >= 4 is 23.6 Å². The third-order valence-electron chi connectivity index (χ3n) is 3.68. The third-order valence-corrected chi connectivity index (χ3v) is 4.55. The molecule has 0 aliphatic rings. The average Bonchev–Trinajstić information content (AvgIpc) is 2.58. The van der Waals surface area contributed by atoms with Gasteiger partial charge in [-0.05, 0) is 31.4 Å². The van der Waals surface area contributed by atoms with E-state index in [9.17, 15) is 9.59 Å². The molecule has 0 saturated heterocycles. The molecule has 2 aromatic rings. The lowest BCUT2D eigenvalue weighted by atomic mass is 10.1. The van der Waals surface area contributed by atoms with Gasteiger partial charge >= 0.3 is 0 Å². The molecule has 3 N–H and O–H groups in total. The summed E-state index contributed by atoms with van der Waals surface area (Å²) in [7, 11) is 0. The van der Waals surface area contributed by atoms with Gasteiger partial charge in [0, 0.05) is 24.4 Å². The van der Waals surface area contributed by atoms with E-state index in [1.165, 1.54) is 11.8 Å². The van der Waals surface area contributed by atoms with Gasteiger partial charge in [0.2, 0.25) is 11.8 Å². The van der Waals surface area contributed by atoms with Gasteiger partial charge in [0.1, 0.15) is 0 Å². The van der Waals surface area contributed by atoms with Crippen molar-refractivity contribution in [1.29, 1.82) is 0 Å². The number of nitrogens with two attached hydrogens (primary N) is 1. The molecule has 1 aromatic carbocycles. The van der Waals surface area contributed by atoms with Crippen LogP contribution in [-0.4, -0.2) is 27.5 Å². The van der Waals surface area contributed by atoms with Gasteiger partial charge in [0.15, 0.2) is 5.16 Å². The normalized spacial score (nSPS) is 10.5. The first-order valence-electron chi connectivity index (χ1n) is 8.01. The SMILES string of the molecule is Cc1nc(SCC(N)=O)nc(C)c1CCC(=O)NCc1ccccc1. The lowest BCUT2D eigenvalue weighted by Crippen LogP contribution is -2.23. The molecular weight excluding hydrogens is 336 g/mol. The van der Waals surface area contributed by atoms with Crippen LogP contribution in [0.3, 0.4) is 0 Å². The molecule has 0 saturated carbocycles. The Kier molecular flexibility index (Phi) is 6.94. The van der Waals surface area contributed by atoms with E-state index in [1.807, 2.05) is 44.2 Å². The number of amides is 2. The van der Waals surface area contributed by atoms with Crippen molar-refractivity contribution < 1.29 is 9.59 Å². The summed E-state index contributed by atoms with van der Waals surface area (Å²) in [6.07, 6.45) is 0.963. The van der Waals surface area contributed by atoms with Crippen LogP contribution >= 0.6 is 11.8 Å². The smallest absolute Gasteiger partial charge is 0.227 e. The fourth-order valence-corrected chi connectivity index (χ4v) is 3.07. The largest absolute Gasteiger partial charge is 0.369 e. The number of hydrogen-bond donors (Lipinski definition) is 2. The number of rotatable bonds is 8. The number of benzene rings is 1. The van der Waals surface area contributed by atoms with E-state index < -0.39 is 5.91 Å². The van der Waals surface area contributed by atoms with E-state index in [1.54, 1.807) is 0 Å². The predicted molar refractivity (Wildman–Crippen MR) is 98.0 cm³/mol. The molecular formula is C18H22N4O2S. The Balaban J connectivity index is 1.89. The molecule has 0 radical (unpaired) electrons. The van der Waals surface area contributed by atoms with Crippen LogP contribution in [0.5, 0.6) is 0 Å². The monoisotopic (exact) mass is 358 g/mol. The van der Waals surface area contributed by atoms with E-state index in [4.69, 9.17) is 5.73 Å². The summed E-state index contributed by atoms with van der Waals surface area (Å²) in [6.45, 7) is 4.30. The third kappa shape index (κ3) is 6.19. The summed E-state index contributed by atoms with van der Waals surface area (Å²) in [4.78, 5) is 31.7. The molecule has 2 rings (SSSR count). The Morgan fingerprint density at radius 1 is 1.12 bits per heavy atom. The molecule has 25 heavy (non-hydrogen) atoms. The Labute approximate surface area is 151 Å². The van der Waals surface area contributed by atoms with Gasteiger partial charge in [0.25, 0.3) is 0 Å². The number of thioether (sulfide) groups is 1. The molecule has 6 nitrogen and oxygen atoms in total. The molecule has 0 aliphatic carbocycles. The first kappa shape index (κ1) is 18.9. The van der Waals surface area contributed by atoms with Crippen molar-refractivity contribution in [3.05, 3.63) is 52.8 Å². The van der Waals surface area contributed by atoms with Crippen LogP contribution in [0.2, 0.25) is 0 Å². The predicted octanol–water partition coefficient (Wildman–Crippen LogP) is 1.92. The minimum absolute atomic E-state index is 0.00478. The topological polar surface area (TPSA) is 98.0 Å². The Hall–Kier alpha value is -2.41. The fraction of sp³-hybridized carbons (Fsp3) is 0.333. The molecule has 0 spiro atoms. The highest BCUT2D eigenvalue weighted by atomic mass is 32.2. The highest BCUT2D eigenvalue weighted by molar-refractivity contribution is 7.99. The number of aryl methyl sites for hydroxylation is 2. The summed E-state index contributed by atoms with van der Waals surface area (Å²) in [5, 5.41) is 3.45. The number of aromatic nitrogens is 2. The maximum absolute atomic E-state index is 12.0. The first-order chi connectivity index (χ1) is 12.0. The number of nitrogens with zero attached hydrogens (tertiary/aromatic N) is 2. The molecule has 0 bridgehead atoms. The quantitative estimate of drug-likeness (QED) is 0.555. The molecule has 0 aliphatic heterocycles. The Morgan fingerprint density at radius 3 is 2.36 bits per heavy atom. The van der Waals surface area contributed by atoms with E-state index in [-0.39, 0.29) is 11.7 Å². The second-order valence-corrected chi connectivity index (χ2v) is 6.62. The van der Waals surface area contributed by atoms with Crippen LogP contribution in [0.25, 0.3) is 0 Å². The second-order valence-electron chi connectivity index (χ2n) is 5.67. The van der Waals surface area contributed by atoms with Crippen LogP contribution in [-0.2, 0) is 22.6 Å². The van der Waals surface area contributed by atoms with E-state index >= 15 is 0 Å². The lowest BCUT2D eigenvalue weighted by molar-refractivity contribution is -0.121.